The van der Waals surface area contributed by atoms with Crippen molar-refractivity contribution in [1.82, 2.24) is 4.98 Å². The second-order valence-corrected chi connectivity index (χ2v) is 7.93. The highest BCUT2D eigenvalue weighted by Gasteiger charge is 2.12. The Morgan fingerprint density at radius 2 is 1.41 bits per heavy atom. The van der Waals surface area contributed by atoms with Crippen LogP contribution >= 0.6 is 0 Å². The van der Waals surface area contributed by atoms with Gasteiger partial charge in [-0.15, -0.1) is 0 Å². The minimum Gasteiger partial charge on any atom is -0.358 e. The maximum atomic E-state index is 4.35. The second-order valence-electron chi connectivity index (χ2n) is 7.93. The lowest BCUT2D eigenvalue weighted by molar-refractivity contribution is 0.886. The number of H-pyrrole nitrogens is 1. The highest BCUT2D eigenvalue weighted by molar-refractivity contribution is 5.97. The SMILES string of the molecule is C=C(/C(C)=C/C(/C=C\C)=C(C)C)c1c(C)[nH]c2ccccc12.CC.CCCC.CCCC. The molecule has 2 aromatic rings. The second kappa shape index (κ2) is 19.4. The lowest BCUT2D eigenvalue weighted by atomic mass is 9.95. The summed E-state index contributed by atoms with van der Waals surface area (Å²) in [4.78, 5) is 3.45. The number of hydrogen-bond acceptors (Lipinski definition) is 0. The minimum atomic E-state index is 1.08. The van der Waals surface area contributed by atoms with Crippen LogP contribution in [0, 0.1) is 6.92 Å². The van der Waals surface area contributed by atoms with Crippen LogP contribution in [0.1, 0.15) is 106 Å². The van der Waals surface area contributed by atoms with Crippen LogP contribution in [0.15, 0.2) is 65.8 Å². The third-order valence-corrected chi connectivity index (χ3v) is 4.97. The predicted octanol–water partition coefficient (Wildman–Crippen LogP) is 11.0. The number of hydrogen-bond donors (Lipinski definition) is 1. The van der Waals surface area contributed by atoms with Gasteiger partial charge in [-0.25, -0.2) is 0 Å². The van der Waals surface area contributed by atoms with Gasteiger partial charge in [-0.1, -0.05) is 116 Å². The van der Waals surface area contributed by atoms with Crippen molar-refractivity contribution in [3.05, 3.63) is 77.0 Å². The van der Waals surface area contributed by atoms with Gasteiger partial charge in [0.05, 0.1) is 0 Å². The zero-order valence-corrected chi connectivity index (χ0v) is 23.1. The van der Waals surface area contributed by atoms with E-state index in [1.54, 1.807) is 0 Å². The summed E-state index contributed by atoms with van der Waals surface area (Å²) in [6, 6.07) is 8.40. The summed E-state index contributed by atoms with van der Waals surface area (Å²) in [5.74, 6) is 0. The van der Waals surface area contributed by atoms with Gasteiger partial charge in [0.1, 0.15) is 0 Å². The van der Waals surface area contributed by atoms with E-state index in [1.807, 2.05) is 20.8 Å². The molecule has 1 aromatic heterocycles. The van der Waals surface area contributed by atoms with E-state index < -0.39 is 0 Å². The average molecular weight is 438 g/mol. The molecule has 0 radical (unpaired) electrons. The topological polar surface area (TPSA) is 15.8 Å². The molecule has 0 unspecified atom stereocenters. The Labute approximate surface area is 200 Å². The van der Waals surface area contributed by atoms with Gasteiger partial charge in [-0.05, 0) is 57.4 Å². The van der Waals surface area contributed by atoms with Crippen LogP contribution in [0.5, 0.6) is 0 Å². The van der Waals surface area contributed by atoms with E-state index in [-0.39, 0.29) is 0 Å². The molecule has 0 saturated carbocycles. The fourth-order valence-corrected chi connectivity index (χ4v) is 2.72. The molecule has 0 bridgehead atoms. The molecule has 0 aliphatic carbocycles. The van der Waals surface area contributed by atoms with E-state index >= 15 is 0 Å². The maximum Gasteiger partial charge on any atom is 0.0462 e. The maximum absolute atomic E-state index is 4.35. The lowest BCUT2D eigenvalue weighted by Gasteiger charge is -2.09. The summed E-state index contributed by atoms with van der Waals surface area (Å²) >= 11 is 0. The summed E-state index contributed by atoms with van der Waals surface area (Å²) in [6.45, 7) is 27.6. The molecule has 180 valence electrons. The molecule has 0 spiro atoms. The van der Waals surface area contributed by atoms with Crippen LogP contribution in [0.4, 0.5) is 0 Å². The van der Waals surface area contributed by atoms with Gasteiger partial charge in [0.15, 0.2) is 0 Å². The van der Waals surface area contributed by atoms with Gasteiger partial charge in [-0.2, -0.15) is 0 Å². The number of nitrogens with one attached hydrogen (secondary N) is 1. The van der Waals surface area contributed by atoms with Crippen molar-refractivity contribution in [3.8, 4) is 0 Å². The summed E-state index contributed by atoms with van der Waals surface area (Å²) in [7, 11) is 0. The van der Waals surface area contributed by atoms with E-state index in [0.717, 1.165) is 5.57 Å². The van der Waals surface area contributed by atoms with Crippen LogP contribution in [-0.4, -0.2) is 4.98 Å². The lowest BCUT2D eigenvalue weighted by Crippen LogP contribution is -1.89. The number of benzene rings is 1. The first-order chi connectivity index (χ1) is 15.3. The number of aryl methyl sites for hydroxylation is 1. The molecule has 1 nitrogen and oxygen atoms in total. The molecule has 0 aliphatic rings. The Balaban J connectivity index is 0. The first-order valence-corrected chi connectivity index (χ1v) is 12.5. The Morgan fingerprint density at radius 3 is 1.84 bits per heavy atom. The van der Waals surface area contributed by atoms with Crippen molar-refractivity contribution in [2.24, 2.45) is 0 Å². The largest absolute Gasteiger partial charge is 0.358 e. The third kappa shape index (κ3) is 11.4. The van der Waals surface area contributed by atoms with Crippen LogP contribution < -0.4 is 0 Å². The smallest absolute Gasteiger partial charge is 0.0462 e. The average Bonchev–Trinajstić information content (AvgIpc) is 3.15. The molecule has 1 N–H and O–H groups in total. The number of aromatic amines is 1. The molecule has 2 rings (SSSR count). The van der Waals surface area contributed by atoms with Gasteiger partial charge < -0.3 is 4.98 Å². The summed E-state index contributed by atoms with van der Waals surface area (Å²) in [5, 5.41) is 1.24. The molecule has 32 heavy (non-hydrogen) atoms. The van der Waals surface area contributed by atoms with Gasteiger partial charge in [-0.3, -0.25) is 0 Å². The number of aromatic nitrogens is 1. The monoisotopic (exact) mass is 437 g/mol. The van der Waals surface area contributed by atoms with Crippen LogP contribution in [0.25, 0.3) is 16.5 Å². The number of para-hydroxylation sites is 1. The van der Waals surface area contributed by atoms with Gasteiger partial charge in [0.25, 0.3) is 0 Å². The molecule has 0 aliphatic heterocycles. The fourth-order valence-electron chi connectivity index (χ4n) is 2.72. The number of rotatable bonds is 6. The molecule has 1 aromatic carbocycles. The zero-order valence-electron chi connectivity index (χ0n) is 23.1. The molecule has 0 amide bonds. The number of unbranched alkanes of at least 4 members (excludes halogenated alkanes) is 2. The van der Waals surface area contributed by atoms with Gasteiger partial charge in [0, 0.05) is 22.2 Å². The predicted molar refractivity (Wildman–Crippen MR) is 152 cm³/mol. The van der Waals surface area contributed by atoms with E-state index in [1.165, 1.54) is 64.6 Å². The van der Waals surface area contributed by atoms with Crippen LogP contribution in [-0.2, 0) is 0 Å². The molecule has 0 atom stereocenters. The number of fused-ring (bicyclic) bond motifs is 1. The van der Waals surface area contributed by atoms with Gasteiger partial charge >= 0.3 is 0 Å². The van der Waals surface area contributed by atoms with Crippen molar-refractivity contribution in [1.29, 1.82) is 0 Å². The Bertz CT molecular complexity index is 844. The molecular formula is C31H51N. The quantitative estimate of drug-likeness (QED) is 0.432. The normalized spacial score (nSPS) is 10.4. The minimum absolute atomic E-state index is 1.08. The molecular weight excluding hydrogens is 386 g/mol. The van der Waals surface area contributed by atoms with Gasteiger partial charge in [0.2, 0.25) is 0 Å². The van der Waals surface area contributed by atoms with E-state index in [4.69, 9.17) is 0 Å². The molecule has 0 fully saturated rings. The number of allylic oxidation sites excluding steroid dienone is 7. The van der Waals surface area contributed by atoms with Crippen molar-refractivity contribution in [2.45, 2.75) is 102 Å². The first kappa shape index (κ1) is 31.9. The molecule has 1 heteroatoms. The highest BCUT2D eigenvalue weighted by Crippen LogP contribution is 2.32. The van der Waals surface area contributed by atoms with Crippen LogP contribution in [0.2, 0.25) is 0 Å². The summed E-state index contributed by atoms with van der Waals surface area (Å²) in [5.41, 5.74) is 8.39. The van der Waals surface area contributed by atoms with E-state index in [2.05, 4.69) is 109 Å². The summed E-state index contributed by atoms with van der Waals surface area (Å²) < 4.78 is 0. The van der Waals surface area contributed by atoms with Crippen molar-refractivity contribution < 1.29 is 0 Å². The Morgan fingerprint density at radius 1 is 0.906 bits per heavy atom. The highest BCUT2D eigenvalue weighted by atomic mass is 14.7. The van der Waals surface area contributed by atoms with Crippen molar-refractivity contribution in [3.63, 3.8) is 0 Å². The Kier molecular flexibility index (Phi) is 19.3. The van der Waals surface area contributed by atoms with Crippen LogP contribution in [0.3, 0.4) is 0 Å². The third-order valence-electron chi connectivity index (χ3n) is 4.97. The molecule has 1 heterocycles. The van der Waals surface area contributed by atoms with Crippen molar-refractivity contribution in [2.75, 3.05) is 0 Å². The van der Waals surface area contributed by atoms with E-state index in [9.17, 15) is 0 Å². The first-order valence-electron chi connectivity index (χ1n) is 12.5. The zero-order chi connectivity index (χ0) is 25.1. The van der Waals surface area contributed by atoms with E-state index in [0.29, 0.717) is 0 Å². The van der Waals surface area contributed by atoms with Crippen molar-refractivity contribution >= 4 is 16.5 Å². The fraction of sp³-hybridized carbons (Fsp3) is 0.484. The summed E-state index contributed by atoms with van der Waals surface area (Å²) in [6.07, 6.45) is 11.7. The molecule has 0 saturated heterocycles. The standard InChI is InChI=1S/C21H25N.2C4H10.C2H6/c1-7-10-18(14(2)3)13-15(4)16(5)21-17(6)22-20-12-9-8-11-19(20)21;2*1-3-4-2;1-2/h7-13,22H,5H2,1-4,6H3;2*3-4H2,1-2H3;1-2H3/b10-7-,15-13+;;;. The Hall–Kier alpha value is -2.28.